The number of esters is 1. The van der Waals surface area contributed by atoms with Crippen LogP contribution < -0.4 is 29.4 Å². The van der Waals surface area contributed by atoms with Crippen molar-refractivity contribution in [3.05, 3.63) is 124 Å². The molecular formula is C36H33FN2O6. The zero-order valence-electron chi connectivity index (χ0n) is 25.0. The molecule has 1 unspecified atom stereocenters. The van der Waals surface area contributed by atoms with E-state index in [4.69, 9.17) is 29.4 Å². The molecule has 0 bridgehead atoms. The van der Waals surface area contributed by atoms with Gasteiger partial charge >= 0.3 is 5.97 Å². The van der Waals surface area contributed by atoms with Crippen LogP contribution >= 0.6 is 0 Å². The van der Waals surface area contributed by atoms with Crippen LogP contribution in [0.2, 0.25) is 0 Å². The lowest BCUT2D eigenvalue weighted by Crippen LogP contribution is -2.21. The van der Waals surface area contributed by atoms with Gasteiger partial charge < -0.3 is 29.4 Å². The standard InChI is InChI=1S/C36H33FN2O6/c1-3-5-18-42-27-13-8-24(9-14-27)36(40)44-28-15-16-29-32(20-28)45-35(39)30(21-38)34(29)25-10-17-31(33(19-25)41-4-2)43-22-23-6-11-26(37)12-7-23/h6-17,19-20,34H,3-5,18,22,39H2,1-2H3. The van der Waals surface area contributed by atoms with E-state index in [0.29, 0.717) is 47.3 Å². The monoisotopic (exact) mass is 608 g/mol. The summed E-state index contributed by atoms with van der Waals surface area (Å²) in [6, 6.07) is 25.4. The van der Waals surface area contributed by atoms with E-state index < -0.39 is 11.9 Å². The largest absolute Gasteiger partial charge is 0.494 e. The fourth-order valence-electron chi connectivity index (χ4n) is 4.86. The predicted molar refractivity (Wildman–Crippen MR) is 166 cm³/mol. The van der Waals surface area contributed by atoms with Crippen LogP contribution in [-0.2, 0) is 6.61 Å². The summed E-state index contributed by atoms with van der Waals surface area (Å²) in [6.07, 6.45) is 1.98. The number of ether oxygens (including phenoxy) is 5. The molecule has 1 aliphatic heterocycles. The Labute approximate surface area is 261 Å². The van der Waals surface area contributed by atoms with Crippen LogP contribution in [0, 0.1) is 17.1 Å². The first-order valence-corrected chi connectivity index (χ1v) is 14.7. The summed E-state index contributed by atoms with van der Waals surface area (Å²) in [5, 5.41) is 10.0. The quantitative estimate of drug-likeness (QED) is 0.100. The lowest BCUT2D eigenvalue weighted by Gasteiger charge is -2.27. The van der Waals surface area contributed by atoms with E-state index in [1.54, 1.807) is 66.7 Å². The third-order valence-electron chi connectivity index (χ3n) is 7.17. The summed E-state index contributed by atoms with van der Waals surface area (Å²) in [4.78, 5) is 12.9. The summed E-state index contributed by atoms with van der Waals surface area (Å²) in [6.45, 7) is 5.16. The van der Waals surface area contributed by atoms with Crippen molar-refractivity contribution in [2.75, 3.05) is 13.2 Å². The van der Waals surface area contributed by atoms with Crippen molar-refractivity contribution in [2.24, 2.45) is 5.73 Å². The van der Waals surface area contributed by atoms with Gasteiger partial charge in [0.05, 0.1) is 24.7 Å². The second-order valence-electron chi connectivity index (χ2n) is 10.3. The Kier molecular flexibility index (Phi) is 9.85. The minimum absolute atomic E-state index is 0.0493. The van der Waals surface area contributed by atoms with E-state index in [0.717, 1.165) is 24.0 Å². The van der Waals surface area contributed by atoms with Gasteiger partial charge in [-0.15, -0.1) is 0 Å². The molecule has 0 saturated heterocycles. The molecule has 0 saturated carbocycles. The molecule has 0 radical (unpaired) electrons. The third-order valence-corrected chi connectivity index (χ3v) is 7.17. The van der Waals surface area contributed by atoms with Crippen molar-refractivity contribution < 1.29 is 32.9 Å². The van der Waals surface area contributed by atoms with E-state index in [2.05, 4.69) is 13.0 Å². The number of allylic oxidation sites excluding steroid dienone is 1. The van der Waals surface area contributed by atoms with Crippen LogP contribution in [0.5, 0.6) is 28.7 Å². The molecule has 0 amide bonds. The van der Waals surface area contributed by atoms with Gasteiger partial charge in [0.2, 0.25) is 5.88 Å². The first kappa shape index (κ1) is 31.0. The molecule has 0 fully saturated rings. The molecule has 1 heterocycles. The van der Waals surface area contributed by atoms with Gasteiger partial charge in [-0.3, -0.25) is 0 Å². The number of rotatable bonds is 12. The van der Waals surface area contributed by atoms with Crippen molar-refractivity contribution in [1.82, 2.24) is 0 Å². The number of carbonyl (C=O) groups is 1. The number of nitriles is 1. The normalized spacial score (nSPS) is 13.7. The lowest BCUT2D eigenvalue weighted by atomic mass is 9.83. The fourth-order valence-corrected chi connectivity index (χ4v) is 4.86. The molecule has 8 nitrogen and oxygen atoms in total. The molecule has 2 N–H and O–H groups in total. The van der Waals surface area contributed by atoms with Crippen molar-refractivity contribution in [3.63, 3.8) is 0 Å². The maximum absolute atomic E-state index is 13.3. The molecule has 45 heavy (non-hydrogen) atoms. The highest BCUT2D eigenvalue weighted by Crippen LogP contribution is 2.45. The van der Waals surface area contributed by atoms with Gasteiger partial charge in [0.15, 0.2) is 11.5 Å². The number of halogens is 1. The van der Waals surface area contributed by atoms with Crippen molar-refractivity contribution in [1.29, 1.82) is 5.26 Å². The first-order valence-electron chi connectivity index (χ1n) is 14.7. The molecule has 4 aromatic carbocycles. The summed E-state index contributed by atoms with van der Waals surface area (Å²) in [7, 11) is 0. The Morgan fingerprint density at radius 3 is 2.38 bits per heavy atom. The van der Waals surface area contributed by atoms with Gasteiger partial charge in [-0.2, -0.15) is 5.26 Å². The fraction of sp³-hybridized carbons (Fsp3) is 0.222. The maximum Gasteiger partial charge on any atom is 0.343 e. The van der Waals surface area contributed by atoms with Gasteiger partial charge in [-0.1, -0.05) is 37.6 Å². The zero-order valence-corrected chi connectivity index (χ0v) is 25.0. The number of hydrogen-bond acceptors (Lipinski definition) is 8. The Balaban J connectivity index is 1.37. The predicted octanol–water partition coefficient (Wildman–Crippen LogP) is 7.42. The molecule has 230 valence electrons. The highest BCUT2D eigenvalue weighted by molar-refractivity contribution is 5.91. The van der Waals surface area contributed by atoms with Crippen molar-refractivity contribution in [2.45, 2.75) is 39.2 Å². The molecule has 0 spiro atoms. The molecule has 1 aliphatic rings. The average Bonchev–Trinajstić information content (AvgIpc) is 3.05. The number of fused-ring (bicyclic) bond motifs is 1. The van der Waals surface area contributed by atoms with E-state index in [9.17, 15) is 14.4 Å². The van der Waals surface area contributed by atoms with E-state index in [-0.39, 0.29) is 29.6 Å². The van der Waals surface area contributed by atoms with Crippen LogP contribution in [-0.4, -0.2) is 19.2 Å². The molecule has 5 rings (SSSR count). The number of benzene rings is 4. The summed E-state index contributed by atoms with van der Waals surface area (Å²) >= 11 is 0. The lowest BCUT2D eigenvalue weighted by molar-refractivity contribution is 0.0734. The van der Waals surface area contributed by atoms with Crippen LogP contribution in [0.25, 0.3) is 0 Å². The second-order valence-corrected chi connectivity index (χ2v) is 10.3. The third kappa shape index (κ3) is 7.36. The highest BCUT2D eigenvalue weighted by Gasteiger charge is 2.32. The van der Waals surface area contributed by atoms with Gasteiger partial charge in [0.1, 0.15) is 41.3 Å². The van der Waals surface area contributed by atoms with Crippen LogP contribution in [0.3, 0.4) is 0 Å². The number of nitrogens with two attached hydrogens (primary N) is 1. The van der Waals surface area contributed by atoms with E-state index >= 15 is 0 Å². The molecule has 1 atom stereocenters. The molecular weight excluding hydrogens is 575 g/mol. The van der Waals surface area contributed by atoms with Gasteiger partial charge in [-0.25, -0.2) is 9.18 Å². The van der Waals surface area contributed by atoms with Gasteiger partial charge in [0, 0.05) is 11.6 Å². The molecule has 9 heteroatoms. The highest BCUT2D eigenvalue weighted by atomic mass is 19.1. The first-order chi connectivity index (χ1) is 21.9. The topological polar surface area (TPSA) is 113 Å². The van der Waals surface area contributed by atoms with Crippen LogP contribution in [0.1, 0.15) is 59.7 Å². The Morgan fingerprint density at radius 1 is 0.911 bits per heavy atom. The summed E-state index contributed by atoms with van der Waals surface area (Å²) in [5.74, 6) is 0.790. The molecule has 4 aromatic rings. The number of carbonyl (C=O) groups excluding carboxylic acids is 1. The van der Waals surface area contributed by atoms with Crippen molar-refractivity contribution >= 4 is 5.97 Å². The SMILES string of the molecule is CCCCOc1ccc(C(=O)Oc2ccc3c(c2)OC(N)=C(C#N)C3c2ccc(OCc3ccc(F)cc3)c(OCC)c2)cc1. The zero-order chi connectivity index (χ0) is 31.8. The minimum atomic E-state index is -0.575. The Hall–Kier alpha value is -5.49. The summed E-state index contributed by atoms with van der Waals surface area (Å²) in [5.41, 5.74) is 9.00. The smallest absolute Gasteiger partial charge is 0.343 e. The van der Waals surface area contributed by atoms with E-state index in [1.165, 1.54) is 12.1 Å². The van der Waals surface area contributed by atoms with Crippen LogP contribution in [0.4, 0.5) is 4.39 Å². The maximum atomic E-state index is 13.3. The van der Waals surface area contributed by atoms with Crippen molar-refractivity contribution in [3.8, 4) is 34.8 Å². The second kappa shape index (κ2) is 14.3. The number of hydrogen-bond donors (Lipinski definition) is 1. The van der Waals surface area contributed by atoms with Gasteiger partial charge in [-0.05, 0) is 79.1 Å². The minimum Gasteiger partial charge on any atom is -0.494 e. The molecule has 0 aliphatic carbocycles. The number of unbranched alkanes of at least 4 members (excludes halogenated alkanes) is 1. The van der Waals surface area contributed by atoms with E-state index in [1.807, 2.05) is 13.0 Å². The Bertz CT molecular complexity index is 1730. The number of nitrogens with zero attached hydrogens (tertiary/aromatic N) is 1. The molecule has 0 aromatic heterocycles. The summed E-state index contributed by atoms with van der Waals surface area (Å²) < 4.78 is 42.3. The van der Waals surface area contributed by atoms with Gasteiger partial charge in [0.25, 0.3) is 0 Å². The van der Waals surface area contributed by atoms with Crippen LogP contribution in [0.15, 0.2) is 96.4 Å². The Morgan fingerprint density at radius 2 is 1.67 bits per heavy atom. The average molecular weight is 609 g/mol.